The van der Waals surface area contributed by atoms with E-state index in [1.807, 2.05) is 0 Å². The molecule has 2 fully saturated rings. The predicted octanol–water partition coefficient (Wildman–Crippen LogP) is 9.76. The van der Waals surface area contributed by atoms with Gasteiger partial charge in [-0.15, -0.1) is 0 Å². The van der Waals surface area contributed by atoms with Crippen LogP contribution >= 0.6 is 0 Å². The smallest absolute Gasteiger partial charge is 0.121 e. The molecule has 3 aliphatic rings. The molecule has 0 aromatic rings. The highest BCUT2D eigenvalue weighted by Crippen LogP contribution is 2.66. The van der Waals surface area contributed by atoms with Crippen molar-refractivity contribution in [2.45, 2.75) is 118 Å². The van der Waals surface area contributed by atoms with E-state index in [-0.39, 0.29) is 34.2 Å². The van der Waals surface area contributed by atoms with Gasteiger partial charge in [0.15, 0.2) is 0 Å². The first-order valence-corrected chi connectivity index (χ1v) is 15.9. The molecule has 3 rings (SSSR count). The molecular weight excluding hydrogens is 528 g/mol. The minimum absolute atomic E-state index is 0.00262. The number of hydrogen-bond acceptors (Lipinski definition) is 3. The summed E-state index contributed by atoms with van der Waals surface area (Å²) in [5, 5.41) is 20.4. The highest BCUT2D eigenvalue weighted by molar-refractivity contribution is 5.39. The fraction of sp³-hybridized carbons (Fsp3) is 0.500. The van der Waals surface area contributed by atoms with Crippen LogP contribution in [0.5, 0.6) is 0 Å². The molecule has 0 aromatic carbocycles. The predicted molar refractivity (Wildman–Crippen MR) is 184 cm³/mol. The van der Waals surface area contributed by atoms with E-state index >= 15 is 0 Å². The maximum Gasteiger partial charge on any atom is 0.121 e. The molecule has 1 saturated heterocycles. The second kappa shape index (κ2) is 13.9. The minimum Gasteiger partial charge on any atom is -0.393 e. The van der Waals surface area contributed by atoms with Gasteiger partial charge in [-0.3, -0.25) is 0 Å². The molecule has 1 aliphatic heterocycles. The maximum absolute atomic E-state index is 10.2. The third kappa shape index (κ3) is 8.91. The molecule has 4 atom stereocenters. The van der Waals surface area contributed by atoms with Gasteiger partial charge in [0.2, 0.25) is 0 Å². The van der Waals surface area contributed by atoms with E-state index in [9.17, 15) is 10.2 Å². The molecule has 234 valence electrons. The third-order valence-electron chi connectivity index (χ3n) is 9.34. The molecule has 43 heavy (non-hydrogen) atoms. The van der Waals surface area contributed by atoms with Crippen LogP contribution in [0.1, 0.15) is 94.9 Å². The van der Waals surface area contributed by atoms with Crippen molar-refractivity contribution in [3.63, 3.8) is 0 Å². The van der Waals surface area contributed by atoms with E-state index < -0.39 is 0 Å². The van der Waals surface area contributed by atoms with Crippen LogP contribution in [0, 0.1) is 10.8 Å². The summed E-state index contributed by atoms with van der Waals surface area (Å²) in [6.45, 7) is 21.5. The molecule has 0 radical (unpaired) electrons. The second-order valence-electron chi connectivity index (χ2n) is 14.6. The van der Waals surface area contributed by atoms with Gasteiger partial charge in [-0.2, -0.15) is 0 Å². The Kier molecular flexibility index (Phi) is 11.3. The first kappa shape index (κ1) is 34.8. The van der Waals surface area contributed by atoms with E-state index in [0.717, 1.165) is 19.3 Å². The zero-order valence-corrected chi connectivity index (χ0v) is 28.4. The lowest BCUT2D eigenvalue weighted by Gasteiger charge is -2.39. The van der Waals surface area contributed by atoms with Crippen LogP contribution in [-0.2, 0) is 4.74 Å². The quantitative estimate of drug-likeness (QED) is 0.198. The SMILES string of the molecule is CC1=C(/C=C/C(C)=C/C=C/C(C)=C/C=C/C=C(C)/C=C/C=C(C)\C=C\[C@@]23O[C@]2(C)C[C@@H](O)CC3(C)C)C(C)(C)C[C@H](O)C1. The highest BCUT2D eigenvalue weighted by atomic mass is 16.6. The molecule has 0 spiro atoms. The van der Waals surface area contributed by atoms with E-state index in [1.165, 1.54) is 33.4 Å². The van der Waals surface area contributed by atoms with Crippen molar-refractivity contribution in [1.29, 1.82) is 0 Å². The van der Waals surface area contributed by atoms with Crippen LogP contribution in [0.25, 0.3) is 0 Å². The number of aliphatic hydroxyl groups is 2. The number of hydrogen-bond donors (Lipinski definition) is 2. The number of allylic oxidation sites excluding steroid dienone is 18. The van der Waals surface area contributed by atoms with Gasteiger partial charge in [0.1, 0.15) is 11.2 Å². The number of epoxide rings is 1. The maximum atomic E-state index is 10.2. The fourth-order valence-electron chi connectivity index (χ4n) is 7.06. The molecule has 0 unspecified atom stereocenters. The molecule has 0 aromatic heterocycles. The van der Waals surface area contributed by atoms with Gasteiger partial charge in [-0.05, 0) is 77.9 Å². The molecule has 2 aliphatic carbocycles. The van der Waals surface area contributed by atoms with Crippen molar-refractivity contribution in [3.8, 4) is 0 Å². The molecule has 0 amide bonds. The second-order valence-corrected chi connectivity index (χ2v) is 14.6. The van der Waals surface area contributed by atoms with Crippen LogP contribution < -0.4 is 0 Å². The molecule has 1 saturated carbocycles. The monoisotopic (exact) mass is 584 g/mol. The van der Waals surface area contributed by atoms with Gasteiger partial charge < -0.3 is 14.9 Å². The lowest BCUT2D eigenvalue weighted by atomic mass is 9.63. The van der Waals surface area contributed by atoms with Crippen LogP contribution in [0.4, 0.5) is 0 Å². The summed E-state index contributed by atoms with van der Waals surface area (Å²) in [5.74, 6) is 0. The van der Waals surface area contributed by atoms with Crippen molar-refractivity contribution in [3.05, 3.63) is 119 Å². The van der Waals surface area contributed by atoms with Crippen LogP contribution in [0.15, 0.2) is 119 Å². The van der Waals surface area contributed by atoms with Gasteiger partial charge in [0.25, 0.3) is 0 Å². The van der Waals surface area contributed by atoms with Crippen molar-refractivity contribution >= 4 is 0 Å². The van der Waals surface area contributed by atoms with Crippen LogP contribution in [-0.4, -0.2) is 33.6 Å². The summed E-state index contributed by atoms with van der Waals surface area (Å²) in [5.41, 5.74) is 6.71. The number of ether oxygens (including phenoxy) is 1. The molecular formula is C40H56O3. The Morgan fingerprint density at radius 3 is 1.72 bits per heavy atom. The van der Waals surface area contributed by atoms with Crippen molar-refractivity contribution in [2.75, 3.05) is 0 Å². The average Bonchev–Trinajstić information content (AvgIpc) is 3.49. The number of aliphatic hydroxyl groups excluding tert-OH is 2. The summed E-state index contributed by atoms with van der Waals surface area (Å²) in [6.07, 6.45) is 32.3. The summed E-state index contributed by atoms with van der Waals surface area (Å²) < 4.78 is 6.25. The zero-order chi connectivity index (χ0) is 32.1. The number of rotatable bonds is 10. The lowest BCUT2D eigenvalue weighted by molar-refractivity contribution is 0.0515. The van der Waals surface area contributed by atoms with Crippen LogP contribution in [0.2, 0.25) is 0 Å². The fourth-order valence-corrected chi connectivity index (χ4v) is 7.06. The summed E-state index contributed by atoms with van der Waals surface area (Å²) in [6, 6.07) is 0. The van der Waals surface area contributed by atoms with Crippen molar-refractivity contribution < 1.29 is 14.9 Å². The lowest BCUT2D eigenvalue weighted by Crippen LogP contribution is -2.46. The normalized spacial score (nSPS) is 32.3. The largest absolute Gasteiger partial charge is 0.393 e. The summed E-state index contributed by atoms with van der Waals surface area (Å²) >= 11 is 0. The van der Waals surface area contributed by atoms with Gasteiger partial charge in [0.05, 0.1) is 12.2 Å². The first-order valence-electron chi connectivity index (χ1n) is 15.9. The average molecular weight is 585 g/mol. The Hall–Kier alpha value is -2.72. The topological polar surface area (TPSA) is 53.0 Å². The Morgan fingerprint density at radius 1 is 0.674 bits per heavy atom. The number of fused-ring (bicyclic) bond motifs is 1. The molecule has 2 N–H and O–H groups in total. The molecule has 1 heterocycles. The Bertz CT molecular complexity index is 1330. The van der Waals surface area contributed by atoms with Gasteiger partial charge in [-0.25, -0.2) is 0 Å². The van der Waals surface area contributed by atoms with E-state index in [2.05, 4.69) is 154 Å². The minimum atomic E-state index is -0.291. The van der Waals surface area contributed by atoms with Gasteiger partial charge in [0, 0.05) is 11.8 Å². The first-order chi connectivity index (χ1) is 20.0. The van der Waals surface area contributed by atoms with E-state index in [0.29, 0.717) is 6.42 Å². The molecule has 3 heteroatoms. The van der Waals surface area contributed by atoms with E-state index in [1.54, 1.807) is 0 Å². The third-order valence-corrected chi connectivity index (χ3v) is 9.34. The van der Waals surface area contributed by atoms with Gasteiger partial charge in [-0.1, -0.05) is 135 Å². The molecule has 0 bridgehead atoms. The standard InChI is InChI=1S/C40H56O3/c1-29(17-13-19-31(3)21-22-36-33(5)25-34(41)26-37(36,6)7)15-11-12-16-30(2)18-14-20-32(4)23-24-40-38(8,9)27-35(42)28-39(40,10)43-40/h11-24,34-35,41-42H,25-28H2,1-10H3/b12-11+,17-13+,18-14+,22-21+,24-23+,29-15+,30-16+,31-19+,32-20-/t34-,35+,39-,40+/m1/s1. The Balaban J connectivity index is 1.50. The van der Waals surface area contributed by atoms with Crippen molar-refractivity contribution in [2.24, 2.45) is 10.8 Å². The van der Waals surface area contributed by atoms with Gasteiger partial charge >= 0.3 is 0 Å². The highest BCUT2D eigenvalue weighted by Gasteiger charge is 2.74. The van der Waals surface area contributed by atoms with E-state index in [4.69, 9.17) is 4.74 Å². The Morgan fingerprint density at radius 2 is 1.19 bits per heavy atom. The van der Waals surface area contributed by atoms with Crippen molar-refractivity contribution in [1.82, 2.24) is 0 Å². The summed E-state index contributed by atoms with van der Waals surface area (Å²) in [7, 11) is 0. The van der Waals surface area contributed by atoms with Crippen LogP contribution in [0.3, 0.4) is 0 Å². The molecule has 3 nitrogen and oxygen atoms in total. The zero-order valence-electron chi connectivity index (χ0n) is 28.4. The summed E-state index contributed by atoms with van der Waals surface area (Å²) in [4.78, 5) is 0. The Labute approximate surface area is 262 Å².